The van der Waals surface area contributed by atoms with Gasteiger partial charge in [0.25, 0.3) is 0 Å². The number of nitrogens with zero attached hydrogens (tertiary/aromatic N) is 5. The van der Waals surface area contributed by atoms with Crippen molar-refractivity contribution < 1.29 is 9.26 Å². The number of piperazine rings is 1. The summed E-state index contributed by atoms with van der Waals surface area (Å²) in [6.45, 7) is 6.26. The van der Waals surface area contributed by atoms with E-state index in [2.05, 4.69) is 37.1 Å². The van der Waals surface area contributed by atoms with Gasteiger partial charge in [-0.1, -0.05) is 23.4 Å². The van der Waals surface area contributed by atoms with Crippen LogP contribution in [-0.4, -0.2) is 46.2 Å². The third-order valence-electron chi connectivity index (χ3n) is 5.31. The molecule has 7 heteroatoms. The van der Waals surface area contributed by atoms with E-state index in [0.29, 0.717) is 18.3 Å². The Bertz CT molecular complexity index is 1140. The smallest absolute Gasteiger partial charge is 0.240 e. The lowest BCUT2D eigenvalue weighted by Gasteiger charge is -2.35. The second kappa shape index (κ2) is 8.12. The Kier molecular flexibility index (Phi) is 5.03. The zero-order chi connectivity index (χ0) is 20.3. The van der Waals surface area contributed by atoms with E-state index in [1.54, 1.807) is 0 Å². The first kappa shape index (κ1) is 18.6. The first-order valence-corrected chi connectivity index (χ1v) is 10.1. The number of anilines is 1. The maximum absolute atomic E-state index is 6.04. The highest BCUT2D eigenvalue weighted by Crippen LogP contribution is 2.31. The number of rotatable bonds is 5. The molecule has 2 aromatic heterocycles. The molecule has 1 fully saturated rings. The van der Waals surface area contributed by atoms with Crippen molar-refractivity contribution in [1.82, 2.24) is 20.0 Å². The summed E-state index contributed by atoms with van der Waals surface area (Å²) >= 11 is 0. The second-order valence-electron chi connectivity index (χ2n) is 7.42. The zero-order valence-corrected chi connectivity index (χ0v) is 16.9. The zero-order valence-electron chi connectivity index (χ0n) is 16.9. The van der Waals surface area contributed by atoms with Gasteiger partial charge in [-0.3, -0.25) is 9.88 Å². The summed E-state index contributed by atoms with van der Waals surface area (Å²) < 4.78 is 11.3. The van der Waals surface area contributed by atoms with Gasteiger partial charge in [0.2, 0.25) is 5.89 Å². The number of aromatic nitrogens is 3. The molecule has 1 saturated heterocycles. The molecule has 4 aromatic rings. The number of para-hydroxylation sites is 1. The van der Waals surface area contributed by atoms with Gasteiger partial charge in [-0.2, -0.15) is 4.98 Å². The quantitative estimate of drug-likeness (QED) is 0.500. The Hall–Kier alpha value is -3.45. The van der Waals surface area contributed by atoms with E-state index < -0.39 is 0 Å². The molecule has 0 saturated carbocycles. The van der Waals surface area contributed by atoms with E-state index in [9.17, 15) is 0 Å². The van der Waals surface area contributed by atoms with Crippen LogP contribution >= 0.6 is 0 Å². The molecular formula is C23H23N5O2. The molecule has 30 heavy (non-hydrogen) atoms. The van der Waals surface area contributed by atoms with Gasteiger partial charge in [0.15, 0.2) is 5.82 Å². The Labute approximate surface area is 174 Å². The number of benzene rings is 2. The van der Waals surface area contributed by atoms with Crippen LogP contribution < -0.4 is 9.64 Å². The van der Waals surface area contributed by atoms with Gasteiger partial charge in [0, 0.05) is 43.4 Å². The molecule has 3 heterocycles. The fraction of sp³-hybridized carbons (Fsp3) is 0.261. The third-order valence-corrected chi connectivity index (χ3v) is 5.31. The monoisotopic (exact) mass is 401 g/mol. The average Bonchev–Trinajstić information content (AvgIpc) is 3.19. The topological polar surface area (TPSA) is 67.5 Å². The predicted molar refractivity (Wildman–Crippen MR) is 115 cm³/mol. The molecule has 0 radical (unpaired) electrons. The van der Waals surface area contributed by atoms with Crippen molar-refractivity contribution in [2.75, 3.05) is 31.1 Å². The number of ether oxygens (including phenoxy) is 1. The molecule has 2 aromatic carbocycles. The number of pyridine rings is 1. The number of aryl methyl sites for hydroxylation is 1. The molecule has 0 spiro atoms. The fourth-order valence-electron chi connectivity index (χ4n) is 3.82. The highest BCUT2D eigenvalue weighted by molar-refractivity contribution is 5.92. The molecule has 0 atom stereocenters. The van der Waals surface area contributed by atoms with Gasteiger partial charge >= 0.3 is 0 Å². The Balaban J connectivity index is 1.33. The molecule has 0 unspecified atom stereocenters. The third kappa shape index (κ3) is 3.97. The maximum Gasteiger partial charge on any atom is 0.240 e. The fourth-order valence-corrected chi connectivity index (χ4v) is 3.82. The maximum atomic E-state index is 6.04. The van der Waals surface area contributed by atoms with Crippen LogP contribution in [0.5, 0.6) is 11.5 Å². The number of hydrogen-bond acceptors (Lipinski definition) is 7. The van der Waals surface area contributed by atoms with Crippen molar-refractivity contribution in [1.29, 1.82) is 0 Å². The van der Waals surface area contributed by atoms with Crippen LogP contribution in [0.15, 0.2) is 65.3 Å². The van der Waals surface area contributed by atoms with Gasteiger partial charge in [-0.05, 0) is 43.3 Å². The van der Waals surface area contributed by atoms with Crippen molar-refractivity contribution in [2.45, 2.75) is 13.5 Å². The Morgan fingerprint density at radius 2 is 1.80 bits per heavy atom. The second-order valence-corrected chi connectivity index (χ2v) is 7.42. The first-order chi connectivity index (χ1) is 14.7. The van der Waals surface area contributed by atoms with Crippen LogP contribution in [0.3, 0.4) is 0 Å². The van der Waals surface area contributed by atoms with Crippen molar-refractivity contribution in [3.05, 3.63) is 72.5 Å². The molecule has 5 rings (SSSR count). The van der Waals surface area contributed by atoms with Crippen LogP contribution in [0.25, 0.3) is 10.9 Å². The summed E-state index contributed by atoms with van der Waals surface area (Å²) in [5.74, 6) is 3.00. The van der Waals surface area contributed by atoms with E-state index in [1.165, 1.54) is 5.69 Å². The molecule has 0 amide bonds. The lowest BCUT2D eigenvalue weighted by atomic mass is 10.1. The number of fused-ring (bicyclic) bond motifs is 1. The highest BCUT2D eigenvalue weighted by Gasteiger charge is 2.21. The molecule has 152 valence electrons. The largest absolute Gasteiger partial charge is 0.457 e. The molecule has 0 bridgehead atoms. The Morgan fingerprint density at radius 3 is 2.57 bits per heavy atom. The minimum absolute atomic E-state index is 0.679. The van der Waals surface area contributed by atoms with Crippen LogP contribution in [0.2, 0.25) is 0 Å². The van der Waals surface area contributed by atoms with Crippen molar-refractivity contribution in [2.24, 2.45) is 0 Å². The van der Waals surface area contributed by atoms with Crippen molar-refractivity contribution in [3.8, 4) is 11.5 Å². The van der Waals surface area contributed by atoms with E-state index in [1.807, 2.05) is 55.6 Å². The predicted octanol–water partition coefficient (Wildman–Crippen LogP) is 4.04. The van der Waals surface area contributed by atoms with Gasteiger partial charge in [-0.15, -0.1) is 0 Å². The SMILES string of the molecule is Cc1noc(CN2CCN(c3ccnc4ccc(Oc5ccccc5)cc34)CC2)n1. The van der Waals surface area contributed by atoms with Crippen LogP contribution in [0, 0.1) is 6.92 Å². The van der Waals surface area contributed by atoms with Gasteiger partial charge in [0.1, 0.15) is 11.5 Å². The summed E-state index contributed by atoms with van der Waals surface area (Å²) in [6, 6.07) is 18.0. The minimum Gasteiger partial charge on any atom is -0.457 e. The van der Waals surface area contributed by atoms with E-state index in [4.69, 9.17) is 9.26 Å². The van der Waals surface area contributed by atoms with Gasteiger partial charge < -0.3 is 14.2 Å². The van der Waals surface area contributed by atoms with Gasteiger partial charge in [-0.25, -0.2) is 0 Å². The normalized spacial score (nSPS) is 14.9. The summed E-state index contributed by atoms with van der Waals surface area (Å²) in [5.41, 5.74) is 2.16. The van der Waals surface area contributed by atoms with E-state index in [0.717, 1.165) is 48.6 Å². The standard InChI is InChI=1S/C23H23N5O2/c1-17-25-23(30-26-17)16-27-11-13-28(14-12-27)22-9-10-24-21-8-7-19(15-20(21)22)29-18-5-3-2-4-6-18/h2-10,15H,11-14,16H2,1H3. The molecule has 1 aliphatic rings. The van der Waals surface area contributed by atoms with Crippen molar-refractivity contribution in [3.63, 3.8) is 0 Å². The summed E-state index contributed by atoms with van der Waals surface area (Å²) in [7, 11) is 0. The van der Waals surface area contributed by atoms with Gasteiger partial charge in [0.05, 0.1) is 12.1 Å². The van der Waals surface area contributed by atoms with Crippen LogP contribution in [-0.2, 0) is 6.54 Å². The lowest BCUT2D eigenvalue weighted by molar-refractivity contribution is 0.215. The first-order valence-electron chi connectivity index (χ1n) is 10.1. The molecule has 0 N–H and O–H groups in total. The number of hydrogen-bond donors (Lipinski definition) is 0. The summed E-state index contributed by atoms with van der Waals surface area (Å²) in [4.78, 5) is 13.6. The highest BCUT2D eigenvalue weighted by atomic mass is 16.5. The van der Waals surface area contributed by atoms with Crippen molar-refractivity contribution >= 4 is 16.6 Å². The molecule has 7 nitrogen and oxygen atoms in total. The summed E-state index contributed by atoms with van der Waals surface area (Å²) in [5, 5.41) is 4.98. The van der Waals surface area contributed by atoms with Crippen LogP contribution in [0.1, 0.15) is 11.7 Å². The van der Waals surface area contributed by atoms with E-state index >= 15 is 0 Å². The molecule has 0 aliphatic carbocycles. The minimum atomic E-state index is 0.679. The van der Waals surface area contributed by atoms with Crippen LogP contribution in [0.4, 0.5) is 5.69 Å². The summed E-state index contributed by atoms with van der Waals surface area (Å²) in [6.07, 6.45) is 1.88. The molecule has 1 aliphatic heterocycles. The Morgan fingerprint density at radius 1 is 0.967 bits per heavy atom. The lowest BCUT2D eigenvalue weighted by Crippen LogP contribution is -2.46. The molecular weight excluding hydrogens is 378 g/mol. The average molecular weight is 401 g/mol. The van der Waals surface area contributed by atoms with E-state index in [-0.39, 0.29) is 0 Å².